The second-order valence-corrected chi connectivity index (χ2v) is 12.9. The van der Waals surface area contributed by atoms with E-state index >= 15 is 0 Å². The first-order valence-electron chi connectivity index (χ1n) is 13.8. The molecule has 0 aliphatic carbocycles. The summed E-state index contributed by atoms with van der Waals surface area (Å²) in [6.45, 7) is 3.92. The summed E-state index contributed by atoms with van der Waals surface area (Å²) in [5, 5.41) is 13.1. The van der Waals surface area contributed by atoms with Crippen LogP contribution >= 0.6 is 11.8 Å². The van der Waals surface area contributed by atoms with Crippen molar-refractivity contribution in [3.63, 3.8) is 0 Å². The van der Waals surface area contributed by atoms with Crippen molar-refractivity contribution in [1.82, 2.24) is 18.7 Å². The number of nitrogens with one attached hydrogen (secondary N) is 1. The molecule has 1 amide bonds. The SMILES string of the molecule is COc1cccc(-n2c(SCC(=O)Nc3cc(C)ccc3C)nnc2-c2cn(S(=O)(=O)c3ccccc3)c3ccccc23)c1. The molecule has 0 saturated carbocycles. The Morgan fingerprint density at radius 3 is 2.48 bits per heavy atom. The highest BCUT2D eigenvalue weighted by atomic mass is 32.2. The molecule has 222 valence electrons. The van der Waals surface area contributed by atoms with Gasteiger partial charge in [0.05, 0.1) is 29.0 Å². The third kappa shape index (κ3) is 5.59. The van der Waals surface area contributed by atoms with Crippen LogP contribution in [0.5, 0.6) is 5.75 Å². The maximum Gasteiger partial charge on any atom is 0.268 e. The molecule has 0 bridgehead atoms. The molecule has 0 unspecified atom stereocenters. The van der Waals surface area contributed by atoms with Gasteiger partial charge in [0.25, 0.3) is 10.0 Å². The molecule has 1 N–H and O–H groups in total. The predicted octanol–water partition coefficient (Wildman–Crippen LogP) is 6.48. The Labute approximate surface area is 259 Å². The summed E-state index contributed by atoms with van der Waals surface area (Å²) in [6, 6.07) is 28.9. The molecule has 4 aromatic carbocycles. The highest BCUT2D eigenvalue weighted by Crippen LogP contribution is 2.36. The molecule has 2 aromatic heterocycles. The first kappa shape index (κ1) is 29.2. The van der Waals surface area contributed by atoms with Crippen molar-refractivity contribution in [2.45, 2.75) is 23.9 Å². The van der Waals surface area contributed by atoms with Crippen LogP contribution in [0.4, 0.5) is 5.69 Å². The number of aryl methyl sites for hydroxylation is 2. The van der Waals surface area contributed by atoms with Gasteiger partial charge in [0.1, 0.15) is 5.75 Å². The van der Waals surface area contributed by atoms with Gasteiger partial charge < -0.3 is 10.1 Å². The normalized spacial score (nSPS) is 11.5. The minimum absolute atomic E-state index is 0.0830. The summed E-state index contributed by atoms with van der Waals surface area (Å²) >= 11 is 1.23. The van der Waals surface area contributed by atoms with Crippen molar-refractivity contribution in [3.8, 4) is 22.8 Å². The van der Waals surface area contributed by atoms with E-state index in [4.69, 9.17) is 4.74 Å². The number of carbonyl (C=O) groups is 1. The van der Waals surface area contributed by atoms with Crippen LogP contribution in [0.15, 0.2) is 113 Å². The van der Waals surface area contributed by atoms with Crippen molar-refractivity contribution < 1.29 is 17.9 Å². The van der Waals surface area contributed by atoms with Gasteiger partial charge in [-0.15, -0.1) is 10.2 Å². The molecule has 0 fully saturated rings. The molecule has 9 nitrogen and oxygen atoms in total. The van der Waals surface area contributed by atoms with E-state index in [0.717, 1.165) is 16.8 Å². The lowest BCUT2D eigenvalue weighted by molar-refractivity contribution is -0.113. The number of hydrogen-bond donors (Lipinski definition) is 1. The number of ether oxygens (including phenoxy) is 1. The first-order valence-corrected chi connectivity index (χ1v) is 16.2. The fourth-order valence-corrected chi connectivity index (χ4v) is 7.08. The smallest absolute Gasteiger partial charge is 0.268 e. The molecule has 0 aliphatic heterocycles. The van der Waals surface area contributed by atoms with E-state index in [1.165, 1.54) is 15.7 Å². The van der Waals surface area contributed by atoms with Crippen molar-refractivity contribution in [3.05, 3.63) is 114 Å². The highest BCUT2D eigenvalue weighted by Gasteiger charge is 2.25. The van der Waals surface area contributed by atoms with Gasteiger partial charge in [0, 0.05) is 28.9 Å². The fourth-order valence-electron chi connectivity index (χ4n) is 4.94. The Hall–Kier alpha value is -4.87. The number of benzene rings is 4. The number of fused-ring (bicyclic) bond motifs is 1. The second kappa shape index (κ2) is 12.0. The van der Waals surface area contributed by atoms with Crippen LogP contribution in [0.2, 0.25) is 0 Å². The van der Waals surface area contributed by atoms with E-state index in [-0.39, 0.29) is 16.6 Å². The summed E-state index contributed by atoms with van der Waals surface area (Å²) in [5.74, 6) is 0.948. The molecule has 0 saturated heterocycles. The van der Waals surface area contributed by atoms with E-state index in [9.17, 15) is 13.2 Å². The van der Waals surface area contributed by atoms with Gasteiger partial charge in [0.15, 0.2) is 11.0 Å². The van der Waals surface area contributed by atoms with Crippen LogP contribution in [0.25, 0.3) is 28.0 Å². The van der Waals surface area contributed by atoms with Gasteiger partial charge >= 0.3 is 0 Å². The standard InChI is InChI=1S/C33H29N5O4S2/c1-22-16-17-23(2)29(18-22)34-31(39)21-43-33-36-35-32(38(33)24-10-9-11-25(19-24)42-3)28-20-37(30-15-8-7-14-27(28)30)44(40,41)26-12-5-4-6-13-26/h4-20H,21H2,1-3H3,(H,34,39). The van der Waals surface area contributed by atoms with Crippen LogP contribution in [0, 0.1) is 13.8 Å². The molecule has 0 radical (unpaired) electrons. The van der Waals surface area contributed by atoms with Crippen molar-refractivity contribution in [1.29, 1.82) is 0 Å². The van der Waals surface area contributed by atoms with Gasteiger partial charge in [-0.3, -0.25) is 9.36 Å². The average Bonchev–Trinajstić information content (AvgIpc) is 3.64. The molecular weight excluding hydrogens is 595 g/mol. The lowest BCUT2D eigenvalue weighted by Crippen LogP contribution is -2.15. The molecule has 0 aliphatic rings. The van der Waals surface area contributed by atoms with Crippen LogP contribution in [0.3, 0.4) is 0 Å². The van der Waals surface area contributed by atoms with Crippen LogP contribution in [0.1, 0.15) is 11.1 Å². The Bertz CT molecular complexity index is 2100. The lowest BCUT2D eigenvalue weighted by Gasteiger charge is -2.12. The summed E-state index contributed by atoms with van der Waals surface area (Å²) in [5.41, 5.74) is 4.56. The molecule has 6 aromatic rings. The van der Waals surface area contributed by atoms with E-state index < -0.39 is 10.0 Å². The number of thioether (sulfide) groups is 1. The van der Waals surface area contributed by atoms with Gasteiger partial charge in [-0.25, -0.2) is 12.4 Å². The fraction of sp³-hybridized carbons (Fsp3) is 0.121. The Morgan fingerprint density at radius 2 is 1.68 bits per heavy atom. The zero-order chi connectivity index (χ0) is 30.8. The zero-order valence-corrected chi connectivity index (χ0v) is 25.9. The molecular formula is C33H29N5O4S2. The predicted molar refractivity (Wildman–Crippen MR) is 173 cm³/mol. The Morgan fingerprint density at radius 1 is 0.909 bits per heavy atom. The number of rotatable bonds is 9. The number of anilines is 1. The van der Waals surface area contributed by atoms with Gasteiger partial charge in [-0.05, 0) is 61.4 Å². The Balaban J connectivity index is 1.44. The van der Waals surface area contributed by atoms with Gasteiger partial charge in [-0.2, -0.15) is 0 Å². The van der Waals surface area contributed by atoms with Crippen LogP contribution in [-0.4, -0.2) is 45.9 Å². The zero-order valence-electron chi connectivity index (χ0n) is 24.3. The van der Waals surface area contributed by atoms with Gasteiger partial charge in [-0.1, -0.05) is 66.4 Å². The molecule has 6 rings (SSSR count). The van der Waals surface area contributed by atoms with E-state index in [2.05, 4.69) is 15.5 Å². The van der Waals surface area contributed by atoms with Crippen LogP contribution < -0.4 is 10.1 Å². The Kier molecular flexibility index (Phi) is 7.98. The van der Waals surface area contributed by atoms with Crippen molar-refractivity contribution in [2.75, 3.05) is 18.2 Å². The maximum absolute atomic E-state index is 13.8. The number of aromatic nitrogens is 4. The molecule has 0 spiro atoms. The average molecular weight is 624 g/mol. The number of nitrogens with zero attached hydrogens (tertiary/aromatic N) is 4. The number of methoxy groups -OCH3 is 1. The van der Waals surface area contributed by atoms with Gasteiger partial charge in [0.2, 0.25) is 5.91 Å². The molecule has 44 heavy (non-hydrogen) atoms. The summed E-state index contributed by atoms with van der Waals surface area (Å²) in [6.07, 6.45) is 1.58. The van der Waals surface area contributed by atoms with Crippen molar-refractivity contribution in [2.24, 2.45) is 0 Å². The minimum atomic E-state index is -3.91. The van der Waals surface area contributed by atoms with Crippen LogP contribution in [-0.2, 0) is 14.8 Å². The lowest BCUT2D eigenvalue weighted by atomic mass is 10.1. The monoisotopic (exact) mass is 623 g/mol. The summed E-state index contributed by atoms with van der Waals surface area (Å²) < 4.78 is 36.1. The maximum atomic E-state index is 13.8. The minimum Gasteiger partial charge on any atom is -0.497 e. The van der Waals surface area contributed by atoms with Crippen molar-refractivity contribution >= 4 is 44.3 Å². The summed E-state index contributed by atoms with van der Waals surface area (Å²) in [7, 11) is -2.33. The number of para-hydroxylation sites is 1. The third-order valence-corrected chi connectivity index (χ3v) is 9.78. The topological polar surface area (TPSA) is 108 Å². The number of amides is 1. The number of hydrogen-bond acceptors (Lipinski definition) is 7. The first-order chi connectivity index (χ1) is 21.3. The molecule has 0 atom stereocenters. The second-order valence-electron chi connectivity index (χ2n) is 10.2. The van der Waals surface area contributed by atoms with E-state index in [0.29, 0.717) is 38.9 Å². The third-order valence-electron chi connectivity index (χ3n) is 7.16. The van der Waals surface area contributed by atoms with E-state index in [1.54, 1.807) is 55.8 Å². The largest absolute Gasteiger partial charge is 0.497 e. The highest BCUT2D eigenvalue weighted by molar-refractivity contribution is 7.99. The molecule has 2 heterocycles. The van der Waals surface area contributed by atoms with E-state index in [1.807, 2.05) is 73.0 Å². The summed E-state index contributed by atoms with van der Waals surface area (Å²) in [4.78, 5) is 13.2. The molecule has 11 heteroatoms. The quantitative estimate of drug-likeness (QED) is 0.184. The number of carbonyl (C=O) groups excluding carboxylic acids is 1.